The molecule has 2 aliphatic rings. The number of pyridine rings is 1. The van der Waals surface area contributed by atoms with Crippen LogP contribution < -0.4 is 5.56 Å². The summed E-state index contributed by atoms with van der Waals surface area (Å²) < 4.78 is 3.56. The number of aromatic nitrogens is 3. The van der Waals surface area contributed by atoms with E-state index in [0.717, 1.165) is 23.4 Å². The van der Waals surface area contributed by atoms with Crippen molar-refractivity contribution in [3.05, 3.63) is 76.3 Å². The van der Waals surface area contributed by atoms with Gasteiger partial charge in [-0.2, -0.15) is 5.10 Å². The van der Waals surface area contributed by atoms with Crippen molar-refractivity contribution < 1.29 is 4.79 Å². The molecule has 0 saturated carbocycles. The molecule has 1 saturated heterocycles. The van der Waals surface area contributed by atoms with E-state index in [1.165, 1.54) is 0 Å². The lowest BCUT2D eigenvalue weighted by Crippen LogP contribution is -2.49. The number of fused-ring (bicyclic) bond motifs is 4. The number of carbonyl (C=O) groups is 1. The highest BCUT2D eigenvalue weighted by Gasteiger charge is 2.37. The van der Waals surface area contributed by atoms with E-state index in [9.17, 15) is 9.59 Å². The Balaban J connectivity index is 1.43. The third-order valence-electron chi connectivity index (χ3n) is 5.94. The fraction of sp³-hybridized carbons (Fsp3) is 0.318. The Morgan fingerprint density at radius 1 is 1.04 bits per heavy atom. The van der Waals surface area contributed by atoms with Crippen LogP contribution in [0, 0.1) is 5.92 Å². The number of rotatable bonds is 2. The molecule has 2 aromatic heterocycles. The smallest absolute Gasteiger partial charge is 0.272 e. The van der Waals surface area contributed by atoms with Gasteiger partial charge in [0.2, 0.25) is 0 Å². The lowest BCUT2D eigenvalue weighted by molar-refractivity contribution is 0.0584. The lowest BCUT2D eigenvalue weighted by atomic mass is 9.83. The molecule has 0 radical (unpaired) electrons. The van der Waals surface area contributed by atoms with Gasteiger partial charge in [-0.25, -0.2) is 0 Å². The normalized spacial score (nSPS) is 20.7. The molecule has 0 spiro atoms. The van der Waals surface area contributed by atoms with Crippen LogP contribution in [0.3, 0.4) is 0 Å². The van der Waals surface area contributed by atoms with Gasteiger partial charge in [0.1, 0.15) is 5.69 Å². The van der Waals surface area contributed by atoms with Crippen LogP contribution in [0.5, 0.6) is 0 Å². The van der Waals surface area contributed by atoms with Gasteiger partial charge in [0.15, 0.2) is 0 Å². The first-order valence-electron chi connectivity index (χ1n) is 9.68. The Morgan fingerprint density at radius 3 is 2.68 bits per heavy atom. The van der Waals surface area contributed by atoms with Crippen LogP contribution in [0.2, 0.25) is 0 Å². The number of amides is 1. The molecule has 1 aromatic carbocycles. The first-order chi connectivity index (χ1) is 13.6. The van der Waals surface area contributed by atoms with Crippen molar-refractivity contribution in [3.63, 3.8) is 0 Å². The van der Waals surface area contributed by atoms with Gasteiger partial charge in [0, 0.05) is 49.9 Å². The highest BCUT2D eigenvalue weighted by molar-refractivity contribution is 5.94. The average Bonchev–Trinajstić information content (AvgIpc) is 3.10. The SMILES string of the molecule is Cn1nc(-c2ccccc2)cc1C(=O)N1C[C@@H]2C[C@H](C1)c1cccc(=O)n1C2. The van der Waals surface area contributed by atoms with Crippen LogP contribution in [0.1, 0.15) is 28.5 Å². The monoisotopic (exact) mass is 374 g/mol. The van der Waals surface area contributed by atoms with Crippen molar-refractivity contribution in [1.29, 1.82) is 0 Å². The van der Waals surface area contributed by atoms with Gasteiger partial charge in [-0.3, -0.25) is 14.3 Å². The number of benzene rings is 1. The van der Waals surface area contributed by atoms with Crippen LogP contribution in [-0.2, 0) is 13.6 Å². The van der Waals surface area contributed by atoms with Crippen molar-refractivity contribution >= 4 is 5.91 Å². The van der Waals surface area contributed by atoms with Crippen LogP contribution in [-0.4, -0.2) is 38.2 Å². The van der Waals surface area contributed by atoms with E-state index in [4.69, 9.17) is 0 Å². The molecule has 4 heterocycles. The van der Waals surface area contributed by atoms with Gasteiger partial charge in [0.05, 0.1) is 5.69 Å². The molecule has 2 atom stereocenters. The summed E-state index contributed by atoms with van der Waals surface area (Å²) in [5.74, 6) is 0.544. The molecule has 5 rings (SSSR count). The number of hydrogen-bond acceptors (Lipinski definition) is 3. The maximum absolute atomic E-state index is 13.3. The second kappa shape index (κ2) is 6.48. The summed E-state index contributed by atoms with van der Waals surface area (Å²) in [6.07, 6.45) is 1.04. The van der Waals surface area contributed by atoms with E-state index >= 15 is 0 Å². The van der Waals surface area contributed by atoms with Crippen molar-refractivity contribution in [3.8, 4) is 11.3 Å². The molecule has 3 aromatic rings. The Morgan fingerprint density at radius 2 is 1.86 bits per heavy atom. The first-order valence-corrected chi connectivity index (χ1v) is 9.68. The van der Waals surface area contributed by atoms with Gasteiger partial charge in [-0.15, -0.1) is 0 Å². The first kappa shape index (κ1) is 17.0. The number of likely N-dealkylation sites (tertiary alicyclic amines) is 1. The van der Waals surface area contributed by atoms with Crippen molar-refractivity contribution in [2.75, 3.05) is 13.1 Å². The zero-order valence-electron chi connectivity index (χ0n) is 15.8. The molecule has 6 heteroatoms. The summed E-state index contributed by atoms with van der Waals surface area (Å²) in [7, 11) is 1.82. The van der Waals surface area contributed by atoms with E-state index in [1.807, 2.05) is 65.0 Å². The molecular weight excluding hydrogens is 352 g/mol. The quantitative estimate of drug-likeness (QED) is 0.692. The Bertz CT molecular complexity index is 1100. The van der Waals surface area contributed by atoms with E-state index < -0.39 is 0 Å². The van der Waals surface area contributed by atoms with Gasteiger partial charge in [-0.1, -0.05) is 36.4 Å². The minimum atomic E-state index is 0.0126. The molecule has 1 amide bonds. The minimum Gasteiger partial charge on any atom is -0.336 e. The standard InChI is InChI=1S/C22H22N4O2/c1-24-20(11-18(23-24)16-6-3-2-4-7-16)22(28)25-12-15-10-17(14-25)19-8-5-9-21(27)26(19)13-15/h2-9,11,15,17H,10,12-14H2,1H3/t15-,17+/m0/s1. The minimum absolute atomic E-state index is 0.0126. The summed E-state index contributed by atoms with van der Waals surface area (Å²) in [6.45, 7) is 2.02. The fourth-order valence-corrected chi connectivity index (χ4v) is 4.64. The van der Waals surface area contributed by atoms with E-state index in [1.54, 1.807) is 10.7 Å². The third-order valence-corrected chi connectivity index (χ3v) is 5.94. The molecule has 6 nitrogen and oxygen atoms in total. The number of nitrogens with zero attached hydrogens (tertiary/aromatic N) is 4. The largest absolute Gasteiger partial charge is 0.336 e. The number of carbonyl (C=O) groups excluding carboxylic acids is 1. The zero-order chi connectivity index (χ0) is 19.3. The summed E-state index contributed by atoms with van der Waals surface area (Å²) in [6, 6.07) is 17.2. The lowest BCUT2D eigenvalue weighted by Gasteiger charge is -2.42. The van der Waals surface area contributed by atoms with Gasteiger partial charge in [-0.05, 0) is 24.5 Å². The fourth-order valence-electron chi connectivity index (χ4n) is 4.64. The van der Waals surface area contributed by atoms with Crippen LogP contribution >= 0.6 is 0 Å². The Kier molecular flexibility index (Phi) is 3.93. The third kappa shape index (κ3) is 2.76. The van der Waals surface area contributed by atoms with Gasteiger partial charge in [0.25, 0.3) is 11.5 Å². The second-order valence-electron chi connectivity index (χ2n) is 7.81. The Hall–Kier alpha value is -3.15. The van der Waals surface area contributed by atoms with Crippen molar-refractivity contribution in [1.82, 2.24) is 19.2 Å². The predicted molar refractivity (Wildman–Crippen MR) is 106 cm³/mol. The summed E-state index contributed by atoms with van der Waals surface area (Å²) in [5.41, 5.74) is 3.52. The highest BCUT2D eigenvalue weighted by atomic mass is 16.2. The maximum atomic E-state index is 13.3. The van der Waals surface area contributed by atoms with Crippen molar-refractivity contribution in [2.24, 2.45) is 13.0 Å². The highest BCUT2D eigenvalue weighted by Crippen LogP contribution is 2.35. The number of hydrogen-bond donors (Lipinski definition) is 0. The second-order valence-corrected chi connectivity index (χ2v) is 7.81. The summed E-state index contributed by atoms with van der Waals surface area (Å²) in [5, 5.41) is 4.54. The molecule has 0 unspecified atom stereocenters. The molecular formula is C22H22N4O2. The van der Waals surface area contributed by atoms with Crippen LogP contribution in [0.25, 0.3) is 11.3 Å². The Labute approximate surface area is 163 Å². The average molecular weight is 374 g/mol. The van der Waals surface area contributed by atoms with E-state index in [2.05, 4.69) is 5.10 Å². The van der Waals surface area contributed by atoms with E-state index in [0.29, 0.717) is 31.2 Å². The maximum Gasteiger partial charge on any atom is 0.272 e. The predicted octanol–water partition coefficient (Wildman–Crippen LogP) is 2.51. The van der Waals surface area contributed by atoms with Crippen LogP contribution in [0.15, 0.2) is 59.4 Å². The molecule has 142 valence electrons. The van der Waals surface area contributed by atoms with Crippen molar-refractivity contribution in [2.45, 2.75) is 18.9 Å². The van der Waals surface area contributed by atoms with Gasteiger partial charge < -0.3 is 9.47 Å². The number of piperidine rings is 1. The molecule has 1 fully saturated rings. The zero-order valence-corrected chi connectivity index (χ0v) is 15.8. The molecule has 0 N–H and O–H groups in total. The summed E-state index contributed by atoms with van der Waals surface area (Å²) in [4.78, 5) is 27.4. The van der Waals surface area contributed by atoms with E-state index in [-0.39, 0.29) is 17.4 Å². The molecule has 28 heavy (non-hydrogen) atoms. The molecule has 0 aliphatic carbocycles. The molecule has 2 aliphatic heterocycles. The number of aryl methyl sites for hydroxylation is 1. The van der Waals surface area contributed by atoms with Gasteiger partial charge >= 0.3 is 0 Å². The molecule has 2 bridgehead atoms. The topological polar surface area (TPSA) is 60.1 Å². The van der Waals surface area contributed by atoms with Crippen LogP contribution in [0.4, 0.5) is 0 Å². The summed E-state index contributed by atoms with van der Waals surface area (Å²) >= 11 is 0.